The van der Waals surface area contributed by atoms with Crippen molar-refractivity contribution in [3.63, 3.8) is 0 Å². The standard InChI is InChI=1S/C33H44N4O4/c1-23(38)11-6-4-9-15-31(33(40)35-26-14-10-18-37(22-26)21-25-12-7-5-8-13-25)36-32(39)20-28-24(2)34-30-17-16-27(41-3)19-29(28)30/h5,7-8,12-13,16-17,19,26,31,34H,4,6,9-11,14-15,18,20-22H2,1-3H3,(H,35,40)(H,36,39)/t26-,31?/m0/s1. The zero-order chi connectivity index (χ0) is 29.2. The van der Waals surface area contributed by atoms with Gasteiger partial charge in [-0.15, -0.1) is 0 Å². The van der Waals surface area contributed by atoms with Gasteiger partial charge in [-0.05, 0) is 75.4 Å². The maximum Gasteiger partial charge on any atom is 0.242 e. The fourth-order valence-electron chi connectivity index (χ4n) is 5.75. The van der Waals surface area contributed by atoms with Crippen LogP contribution in [0.4, 0.5) is 0 Å². The summed E-state index contributed by atoms with van der Waals surface area (Å²) in [5.41, 5.74) is 4.04. The number of methoxy groups -OCH3 is 1. The summed E-state index contributed by atoms with van der Waals surface area (Å²) in [6, 6.07) is 15.6. The van der Waals surface area contributed by atoms with Crippen LogP contribution in [0, 0.1) is 6.92 Å². The number of piperidine rings is 1. The van der Waals surface area contributed by atoms with Crippen LogP contribution in [0.5, 0.6) is 5.75 Å². The van der Waals surface area contributed by atoms with Crippen molar-refractivity contribution < 1.29 is 19.1 Å². The van der Waals surface area contributed by atoms with E-state index in [0.29, 0.717) is 12.8 Å². The van der Waals surface area contributed by atoms with Crippen molar-refractivity contribution in [2.24, 2.45) is 0 Å². The maximum absolute atomic E-state index is 13.5. The highest BCUT2D eigenvalue weighted by Gasteiger charge is 2.27. The Hall–Kier alpha value is -3.65. The number of aryl methyl sites for hydroxylation is 1. The predicted molar refractivity (Wildman–Crippen MR) is 162 cm³/mol. The lowest BCUT2D eigenvalue weighted by Gasteiger charge is -2.34. The van der Waals surface area contributed by atoms with Gasteiger partial charge in [-0.1, -0.05) is 43.2 Å². The van der Waals surface area contributed by atoms with E-state index in [9.17, 15) is 14.4 Å². The van der Waals surface area contributed by atoms with Crippen LogP contribution in [-0.2, 0) is 27.3 Å². The number of aromatic nitrogens is 1. The Kier molecular flexibility index (Phi) is 11.0. The first-order valence-corrected chi connectivity index (χ1v) is 14.8. The van der Waals surface area contributed by atoms with E-state index < -0.39 is 6.04 Å². The lowest BCUT2D eigenvalue weighted by atomic mass is 10.0. The zero-order valence-electron chi connectivity index (χ0n) is 24.6. The van der Waals surface area contributed by atoms with Crippen molar-refractivity contribution in [3.8, 4) is 5.75 Å². The van der Waals surface area contributed by atoms with Gasteiger partial charge in [0, 0.05) is 42.1 Å². The minimum atomic E-state index is -0.621. The van der Waals surface area contributed by atoms with Gasteiger partial charge < -0.3 is 25.1 Å². The van der Waals surface area contributed by atoms with Crippen LogP contribution in [-0.4, -0.2) is 59.8 Å². The van der Waals surface area contributed by atoms with Gasteiger partial charge in [-0.3, -0.25) is 14.5 Å². The van der Waals surface area contributed by atoms with Crippen LogP contribution in [0.2, 0.25) is 0 Å². The largest absolute Gasteiger partial charge is 0.497 e. The fourth-order valence-corrected chi connectivity index (χ4v) is 5.75. The van der Waals surface area contributed by atoms with E-state index in [1.54, 1.807) is 14.0 Å². The van der Waals surface area contributed by atoms with E-state index in [-0.39, 0.29) is 30.1 Å². The van der Waals surface area contributed by atoms with Crippen LogP contribution >= 0.6 is 0 Å². The summed E-state index contributed by atoms with van der Waals surface area (Å²) in [4.78, 5) is 43.9. The number of nitrogens with one attached hydrogen (secondary N) is 3. The normalized spacial score (nSPS) is 16.3. The van der Waals surface area contributed by atoms with E-state index in [4.69, 9.17) is 4.74 Å². The second-order valence-corrected chi connectivity index (χ2v) is 11.3. The molecule has 0 radical (unpaired) electrons. The number of unbranched alkanes of at least 4 members (excludes halogenated alkanes) is 2. The van der Waals surface area contributed by atoms with Crippen molar-refractivity contribution in [2.75, 3.05) is 20.2 Å². The number of carbonyl (C=O) groups is 3. The average Bonchev–Trinajstić information content (AvgIpc) is 3.26. The van der Waals surface area contributed by atoms with E-state index in [1.807, 2.05) is 31.2 Å². The van der Waals surface area contributed by atoms with Gasteiger partial charge >= 0.3 is 0 Å². The first-order chi connectivity index (χ1) is 19.8. The number of amides is 2. The summed E-state index contributed by atoms with van der Waals surface area (Å²) >= 11 is 0. The van der Waals surface area contributed by atoms with Gasteiger partial charge in [0.25, 0.3) is 0 Å². The van der Waals surface area contributed by atoms with Crippen molar-refractivity contribution in [2.45, 2.75) is 83.8 Å². The number of aromatic amines is 1. The molecule has 0 aliphatic carbocycles. The molecule has 2 heterocycles. The third-order valence-corrected chi connectivity index (χ3v) is 7.94. The fraction of sp³-hybridized carbons (Fsp3) is 0.485. The summed E-state index contributed by atoms with van der Waals surface area (Å²) in [6.07, 6.45) is 5.60. The summed E-state index contributed by atoms with van der Waals surface area (Å²) in [6.45, 7) is 6.21. The van der Waals surface area contributed by atoms with Crippen molar-refractivity contribution in [1.29, 1.82) is 0 Å². The molecule has 1 saturated heterocycles. The number of Topliss-reactive ketones (excluding diaryl/α,β-unsaturated/α-hetero) is 1. The Labute approximate surface area is 243 Å². The quantitative estimate of drug-likeness (QED) is 0.245. The number of rotatable bonds is 14. The lowest BCUT2D eigenvalue weighted by Crippen LogP contribution is -2.53. The third kappa shape index (κ3) is 8.92. The molecule has 2 amide bonds. The molecule has 2 atom stereocenters. The Morgan fingerprint density at radius 2 is 1.90 bits per heavy atom. The van der Waals surface area contributed by atoms with Gasteiger partial charge in [0.1, 0.15) is 17.6 Å². The summed E-state index contributed by atoms with van der Waals surface area (Å²) in [7, 11) is 1.62. The number of hydrogen-bond acceptors (Lipinski definition) is 5. The van der Waals surface area contributed by atoms with E-state index in [0.717, 1.165) is 79.6 Å². The van der Waals surface area contributed by atoms with Gasteiger partial charge in [-0.2, -0.15) is 0 Å². The first kappa shape index (κ1) is 30.3. The van der Waals surface area contributed by atoms with Crippen LogP contribution < -0.4 is 15.4 Å². The molecule has 1 unspecified atom stereocenters. The monoisotopic (exact) mass is 560 g/mol. The highest BCUT2D eigenvalue weighted by molar-refractivity contribution is 5.93. The minimum absolute atomic E-state index is 0.0420. The zero-order valence-corrected chi connectivity index (χ0v) is 24.6. The molecular formula is C33H44N4O4. The number of benzene rings is 2. The Balaban J connectivity index is 1.39. The predicted octanol–water partition coefficient (Wildman–Crippen LogP) is 4.83. The summed E-state index contributed by atoms with van der Waals surface area (Å²) in [5.74, 6) is 0.592. The molecule has 8 heteroatoms. The van der Waals surface area contributed by atoms with Crippen molar-refractivity contribution in [1.82, 2.24) is 20.5 Å². The van der Waals surface area contributed by atoms with Crippen LogP contribution in [0.25, 0.3) is 10.9 Å². The Morgan fingerprint density at radius 1 is 1.10 bits per heavy atom. The highest BCUT2D eigenvalue weighted by atomic mass is 16.5. The molecule has 0 bridgehead atoms. The molecule has 220 valence electrons. The first-order valence-electron chi connectivity index (χ1n) is 14.8. The van der Waals surface area contributed by atoms with E-state index in [1.165, 1.54) is 5.56 Å². The van der Waals surface area contributed by atoms with Gasteiger partial charge in [0.05, 0.1) is 13.5 Å². The number of nitrogens with zero attached hydrogens (tertiary/aromatic N) is 1. The number of likely N-dealkylation sites (tertiary alicyclic amines) is 1. The number of hydrogen-bond donors (Lipinski definition) is 3. The molecule has 3 N–H and O–H groups in total. The van der Waals surface area contributed by atoms with E-state index in [2.05, 4.69) is 44.8 Å². The summed E-state index contributed by atoms with van der Waals surface area (Å²) < 4.78 is 5.39. The molecule has 8 nitrogen and oxygen atoms in total. The number of carbonyl (C=O) groups excluding carboxylic acids is 3. The van der Waals surface area contributed by atoms with Crippen LogP contribution in [0.15, 0.2) is 48.5 Å². The molecule has 0 saturated carbocycles. The smallest absolute Gasteiger partial charge is 0.242 e. The number of fused-ring (bicyclic) bond motifs is 1. The van der Waals surface area contributed by atoms with Crippen LogP contribution in [0.3, 0.4) is 0 Å². The lowest BCUT2D eigenvalue weighted by molar-refractivity contribution is -0.129. The van der Waals surface area contributed by atoms with Gasteiger partial charge in [-0.25, -0.2) is 0 Å². The molecule has 0 spiro atoms. The van der Waals surface area contributed by atoms with E-state index >= 15 is 0 Å². The molecule has 4 rings (SSSR count). The SMILES string of the molecule is COc1ccc2[nH]c(C)c(CC(=O)NC(CCCCCC(C)=O)C(=O)N[C@H]3CCCN(Cc4ccccc4)C3)c2c1. The van der Waals surface area contributed by atoms with Crippen molar-refractivity contribution >= 4 is 28.5 Å². The van der Waals surface area contributed by atoms with Crippen LogP contribution in [0.1, 0.15) is 68.7 Å². The number of H-pyrrole nitrogens is 1. The number of ketones is 1. The molecule has 1 aliphatic heterocycles. The average molecular weight is 561 g/mol. The molecule has 3 aromatic rings. The van der Waals surface area contributed by atoms with Gasteiger partial charge in [0.15, 0.2) is 0 Å². The highest BCUT2D eigenvalue weighted by Crippen LogP contribution is 2.27. The number of ether oxygens (including phenoxy) is 1. The second kappa shape index (κ2) is 14.8. The second-order valence-electron chi connectivity index (χ2n) is 11.3. The molecule has 2 aromatic carbocycles. The summed E-state index contributed by atoms with van der Waals surface area (Å²) in [5, 5.41) is 7.23. The minimum Gasteiger partial charge on any atom is -0.497 e. The van der Waals surface area contributed by atoms with Gasteiger partial charge in [0.2, 0.25) is 11.8 Å². The topological polar surface area (TPSA) is 104 Å². The Morgan fingerprint density at radius 3 is 2.66 bits per heavy atom. The molecular weight excluding hydrogens is 516 g/mol. The van der Waals surface area contributed by atoms with Crippen molar-refractivity contribution in [3.05, 3.63) is 65.4 Å². The maximum atomic E-state index is 13.5. The Bertz CT molecular complexity index is 1320. The molecule has 1 aliphatic rings. The molecule has 1 aromatic heterocycles. The molecule has 1 fully saturated rings. The third-order valence-electron chi connectivity index (χ3n) is 7.94. The molecule has 41 heavy (non-hydrogen) atoms.